The Labute approximate surface area is 100 Å². The van der Waals surface area contributed by atoms with E-state index in [0.29, 0.717) is 0 Å². The number of para-hydroxylation sites is 1. The minimum absolute atomic E-state index is 1.00. The zero-order valence-corrected chi connectivity index (χ0v) is 10.3. The minimum atomic E-state index is 1.00. The van der Waals surface area contributed by atoms with E-state index in [4.69, 9.17) is 5.11 Å². The molecule has 3 aromatic rings. The van der Waals surface area contributed by atoms with Crippen molar-refractivity contribution >= 4 is 21.8 Å². The van der Waals surface area contributed by atoms with Crippen LogP contribution in [0.15, 0.2) is 30.5 Å². The molecule has 0 saturated heterocycles. The molecule has 0 radical (unpaired) electrons. The van der Waals surface area contributed by atoms with Crippen molar-refractivity contribution in [1.29, 1.82) is 0 Å². The van der Waals surface area contributed by atoms with Crippen molar-refractivity contribution in [1.82, 2.24) is 9.97 Å². The molecule has 0 aliphatic rings. The number of benzene rings is 1. The summed E-state index contributed by atoms with van der Waals surface area (Å²) >= 11 is 0. The van der Waals surface area contributed by atoms with Crippen molar-refractivity contribution in [2.24, 2.45) is 0 Å². The van der Waals surface area contributed by atoms with Gasteiger partial charge < -0.3 is 10.1 Å². The third-order valence-electron chi connectivity index (χ3n) is 3.04. The minimum Gasteiger partial charge on any atom is -0.400 e. The van der Waals surface area contributed by atoms with Crippen LogP contribution in [-0.4, -0.2) is 22.2 Å². The average molecular weight is 228 g/mol. The summed E-state index contributed by atoms with van der Waals surface area (Å²) in [5.41, 5.74) is 4.68. The molecule has 3 rings (SSSR count). The topological polar surface area (TPSA) is 48.9 Å². The highest BCUT2D eigenvalue weighted by atomic mass is 16.2. The highest BCUT2D eigenvalue weighted by Gasteiger charge is 2.07. The monoisotopic (exact) mass is 228 g/mol. The number of rotatable bonds is 0. The number of nitrogens with zero attached hydrogens (tertiary/aromatic N) is 1. The smallest absolute Gasteiger partial charge is 0.0654 e. The van der Waals surface area contributed by atoms with Gasteiger partial charge in [-0.05, 0) is 25.5 Å². The van der Waals surface area contributed by atoms with Crippen LogP contribution in [0.25, 0.3) is 21.8 Å². The van der Waals surface area contributed by atoms with E-state index >= 15 is 0 Å². The van der Waals surface area contributed by atoms with E-state index in [2.05, 4.69) is 42.0 Å². The maximum Gasteiger partial charge on any atom is 0.0654 e. The molecule has 0 aliphatic carbocycles. The maximum absolute atomic E-state index is 7.00. The number of nitrogens with one attached hydrogen (secondary N) is 1. The lowest BCUT2D eigenvalue weighted by Crippen LogP contribution is -1.86. The summed E-state index contributed by atoms with van der Waals surface area (Å²) in [6.07, 6.45) is 1.91. The third kappa shape index (κ3) is 1.78. The summed E-state index contributed by atoms with van der Waals surface area (Å²) in [7, 11) is 1.00. The van der Waals surface area contributed by atoms with Gasteiger partial charge in [-0.15, -0.1) is 0 Å². The Balaban J connectivity index is 0.000000514. The molecule has 0 atom stereocenters. The van der Waals surface area contributed by atoms with Gasteiger partial charge in [0.25, 0.3) is 0 Å². The lowest BCUT2D eigenvalue weighted by Gasteiger charge is -2.00. The van der Waals surface area contributed by atoms with E-state index in [1.807, 2.05) is 12.3 Å². The van der Waals surface area contributed by atoms with Gasteiger partial charge in [0.05, 0.1) is 11.7 Å². The fraction of sp³-hybridized carbons (Fsp3) is 0.214. The Kier molecular flexibility index (Phi) is 3.11. The molecule has 3 heteroatoms. The summed E-state index contributed by atoms with van der Waals surface area (Å²) in [6, 6.07) is 8.38. The number of aryl methyl sites for hydroxylation is 2. The van der Waals surface area contributed by atoms with Gasteiger partial charge in [-0.1, -0.05) is 18.2 Å². The van der Waals surface area contributed by atoms with Crippen LogP contribution in [0.4, 0.5) is 0 Å². The van der Waals surface area contributed by atoms with Crippen molar-refractivity contribution in [3.63, 3.8) is 0 Å². The molecule has 88 valence electrons. The molecule has 3 nitrogen and oxygen atoms in total. The normalized spacial score (nSPS) is 10.4. The molecular formula is C14H16N2O. The van der Waals surface area contributed by atoms with E-state index in [-0.39, 0.29) is 0 Å². The van der Waals surface area contributed by atoms with Gasteiger partial charge >= 0.3 is 0 Å². The molecular weight excluding hydrogens is 212 g/mol. The fourth-order valence-electron chi connectivity index (χ4n) is 2.10. The number of aliphatic hydroxyl groups excluding tert-OH is 1. The van der Waals surface area contributed by atoms with E-state index in [0.717, 1.165) is 18.3 Å². The zero-order valence-electron chi connectivity index (χ0n) is 10.3. The van der Waals surface area contributed by atoms with Crippen LogP contribution >= 0.6 is 0 Å². The van der Waals surface area contributed by atoms with Crippen molar-refractivity contribution in [2.45, 2.75) is 13.8 Å². The molecule has 0 bridgehead atoms. The second kappa shape index (κ2) is 4.55. The van der Waals surface area contributed by atoms with Crippen LogP contribution in [0.3, 0.4) is 0 Å². The van der Waals surface area contributed by atoms with Gasteiger partial charge in [-0.25, -0.2) is 0 Å². The molecule has 2 heterocycles. The largest absolute Gasteiger partial charge is 0.400 e. The van der Waals surface area contributed by atoms with Gasteiger partial charge in [-0.3, -0.25) is 4.98 Å². The van der Waals surface area contributed by atoms with Crippen molar-refractivity contribution in [3.05, 3.63) is 41.7 Å². The first-order chi connectivity index (χ1) is 8.27. The van der Waals surface area contributed by atoms with Crippen LogP contribution in [0.1, 0.15) is 11.3 Å². The SMILES string of the molecule is CO.Cc1ncc2[nH]c3ccccc3c2c1C. The van der Waals surface area contributed by atoms with Gasteiger partial charge in [0.1, 0.15) is 0 Å². The Morgan fingerprint density at radius 3 is 2.53 bits per heavy atom. The number of pyridine rings is 1. The fourth-order valence-corrected chi connectivity index (χ4v) is 2.10. The highest BCUT2D eigenvalue weighted by Crippen LogP contribution is 2.28. The van der Waals surface area contributed by atoms with E-state index < -0.39 is 0 Å². The second-order valence-electron chi connectivity index (χ2n) is 3.93. The number of aromatic amines is 1. The van der Waals surface area contributed by atoms with Gasteiger partial charge in [0.15, 0.2) is 0 Å². The summed E-state index contributed by atoms with van der Waals surface area (Å²) in [6.45, 7) is 4.18. The lowest BCUT2D eigenvalue weighted by atomic mass is 10.1. The number of aliphatic hydroxyl groups is 1. The molecule has 0 fully saturated rings. The predicted molar refractivity (Wildman–Crippen MR) is 71.2 cm³/mol. The molecule has 0 unspecified atom stereocenters. The first-order valence-electron chi connectivity index (χ1n) is 5.55. The molecule has 0 amide bonds. The van der Waals surface area contributed by atoms with Gasteiger partial charge in [0.2, 0.25) is 0 Å². The highest BCUT2D eigenvalue weighted by molar-refractivity contribution is 6.08. The Bertz CT molecular complexity index is 656. The van der Waals surface area contributed by atoms with E-state index in [1.54, 1.807) is 0 Å². The second-order valence-corrected chi connectivity index (χ2v) is 3.93. The average Bonchev–Trinajstić information content (AvgIpc) is 2.75. The van der Waals surface area contributed by atoms with Gasteiger partial charge in [0, 0.05) is 29.1 Å². The standard InChI is InChI=1S/C13H12N2.CH4O/c1-8-9(2)14-7-12-13(8)10-5-3-4-6-11(10)15-12;1-2/h3-7,15H,1-2H3;2H,1H3. The Morgan fingerprint density at radius 1 is 1.06 bits per heavy atom. The summed E-state index contributed by atoms with van der Waals surface area (Å²) in [4.78, 5) is 7.75. The van der Waals surface area contributed by atoms with Crippen LogP contribution in [0, 0.1) is 13.8 Å². The number of H-pyrrole nitrogens is 1. The first kappa shape index (κ1) is 11.6. The molecule has 2 N–H and O–H groups in total. The lowest BCUT2D eigenvalue weighted by molar-refractivity contribution is 0.399. The molecule has 0 spiro atoms. The summed E-state index contributed by atoms with van der Waals surface area (Å²) in [5.74, 6) is 0. The number of hydrogen-bond acceptors (Lipinski definition) is 2. The quantitative estimate of drug-likeness (QED) is 0.621. The van der Waals surface area contributed by atoms with Crippen molar-refractivity contribution in [2.75, 3.05) is 7.11 Å². The van der Waals surface area contributed by atoms with Gasteiger partial charge in [-0.2, -0.15) is 0 Å². The van der Waals surface area contributed by atoms with Crippen LogP contribution in [-0.2, 0) is 0 Å². The third-order valence-corrected chi connectivity index (χ3v) is 3.04. The van der Waals surface area contributed by atoms with E-state index in [9.17, 15) is 0 Å². The Morgan fingerprint density at radius 2 is 1.76 bits per heavy atom. The molecule has 2 aromatic heterocycles. The van der Waals surface area contributed by atoms with Crippen LogP contribution in [0.2, 0.25) is 0 Å². The van der Waals surface area contributed by atoms with Crippen molar-refractivity contribution < 1.29 is 5.11 Å². The predicted octanol–water partition coefficient (Wildman–Crippen LogP) is 2.94. The molecule has 17 heavy (non-hydrogen) atoms. The zero-order chi connectivity index (χ0) is 12.4. The number of hydrogen-bond donors (Lipinski definition) is 2. The Hall–Kier alpha value is -1.87. The molecule has 1 aromatic carbocycles. The summed E-state index contributed by atoms with van der Waals surface area (Å²) in [5, 5.41) is 9.59. The number of aromatic nitrogens is 2. The van der Waals surface area contributed by atoms with Crippen molar-refractivity contribution in [3.8, 4) is 0 Å². The van der Waals surface area contributed by atoms with Crippen LogP contribution in [0.5, 0.6) is 0 Å². The number of fused-ring (bicyclic) bond motifs is 3. The molecule has 0 saturated carbocycles. The first-order valence-corrected chi connectivity index (χ1v) is 5.55. The van der Waals surface area contributed by atoms with Crippen LogP contribution < -0.4 is 0 Å². The maximum atomic E-state index is 7.00. The van der Waals surface area contributed by atoms with E-state index in [1.165, 1.54) is 21.9 Å². The summed E-state index contributed by atoms with van der Waals surface area (Å²) < 4.78 is 0. The molecule has 0 aliphatic heterocycles.